The highest BCUT2D eigenvalue weighted by atomic mass is 79.9. The highest BCUT2D eigenvalue weighted by Gasteiger charge is 2.35. The van der Waals surface area contributed by atoms with Crippen molar-refractivity contribution < 1.29 is 14.3 Å². The number of nitrogens with zero attached hydrogens (tertiary/aromatic N) is 1. The largest absolute Gasteiger partial charge is 0.487 e. The van der Waals surface area contributed by atoms with Crippen LogP contribution in [0.2, 0.25) is 10.0 Å². The van der Waals surface area contributed by atoms with E-state index in [2.05, 4.69) is 31.9 Å². The molecule has 3 aromatic rings. The van der Waals surface area contributed by atoms with Crippen LogP contribution in [0, 0.1) is 0 Å². The van der Waals surface area contributed by atoms with Crippen molar-refractivity contribution in [3.05, 3.63) is 101 Å². The van der Waals surface area contributed by atoms with E-state index in [0.717, 1.165) is 36.7 Å². The lowest BCUT2D eigenvalue weighted by Gasteiger charge is -2.14. The molecule has 0 spiro atoms. The first-order valence-electron chi connectivity index (χ1n) is 9.67. The van der Waals surface area contributed by atoms with E-state index in [-0.39, 0.29) is 11.8 Å². The van der Waals surface area contributed by atoms with Crippen molar-refractivity contribution in [1.82, 2.24) is 4.90 Å². The molecule has 4 nitrogen and oxygen atoms in total. The molecule has 1 saturated heterocycles. The fourth-order valence-electron chi connectivity index (χ4n) is 3.16. The van der Waals surface area contributed by atoms with Gasteiger partial charge in [0.05, 0.1) is 20.4 Å². The first kappa shape index (κ1) is 24.4. The number of imide groups is 1. The Morgan fingerprint density at radius 3 is 2.21 bits per heavy atom. The molecule has 9 heteroatoms. The zero-order valence-electron chi connectivity index (χ0n) is 16.9. The third-order valence-electron chi connectivity index (χ3n) is 4.80. The summed E-state index contributed by atoms with van der Waals surface area (Å²) in [7, 11) is 0. The van der Waals surface area contributed by atoms with Crippen molar-refractivity contribution in [2.24, 2.45) is 0 Å². The lowest BCUT2D eigenvalue weighted by atomic mass is 10.2. The molecule has 0 saturated carbocycles. The Morgan fingerprint density at radius 1 is 0.939 bits per heavy atom. The maximum Gasteiger partial charge on any atom is 0.293 e. The van der Waals surface area contributed by atoms with Gasteiger partial charge >= 0.3 is 0 Å². The van der Waals surface area contributed by atoms with E-state index in [4.69, 9.17) is 27.9 Å². The van der Waals surface area contributed by atoms with Gasteiger partial charge < -0.3 is 4.74 Å². The molecule has 1 heterocycles. The van der Waals surface area contributed by atoms with Gasteiger partial charge in [-0.3, -0.25) is 14.5 Å². The second-order valence-corrected chi connectivity index (χ2v) is 10.6. The van der Waals surface area contributed by atoms with E-state index in [0.29, 0.717) is 32.9 Å². The van der Waals surface area contributed by atoms with Crippen molar-refractivity contribution in [2.45, 2.75) is 13.2 Å². The van der Waals surface area contributed by atoms with Gasteiger partial charge in [-0.15, -0.1) is 0 Å². The molecule has 0 aliphatic carbocycles. The summed E-state index contributed by atoms with van der Waals surface area (Å²) >= 11 is 20.4. The van der Waals surface area contributed by atoms with E-state index in [9.17, 15) is 9.59 Å². The molecule has 3 aromatic carbocycles. The van der Waals surface area contributed by atoms with E-state index < -0.39 is 5.91 Å². The Labute approximate surface area is 222 Å². The summed E-state index contributed by atoms with van der Waals surface area (Å²) in [5.41, 5.74) is 2.32. The molecule has 2 amide bonds. The lowest BCUT2D eigenvalue weighted by molar-refractivity contribution is -0.123. The molecular weight excluding hydrogens is 613 g/mol. The normalized spacial score (nSPS) is 14.9. The zero-order valence-corrected chi connectivity index (χ0v) is 22.4. The molecule has 0 radical (unpaired) electrons. The van der Waals surface area contributed by atoms with E-state index in [1.165, 1.54) is 0 Å². The second-order valence-electron chi connectivity index (χ2n) is 7.06. The van der Waals surface area contributed by atoms with Gasteiger partial charge in [0.25, 0.3) is 11.1 Å². The lowest BCUT2D eigenvalue weighted by Crippen LogP contribution is -2.27. The summed E-state index contributed by atoms with van der Waals surface area (Å²) in [6.07, 6.45) is 1.68. The molecular formula is C24H15Br2Cl2NO3S. The van der Waals surface area contributed by atoms with Gasteiger partial charge in [-0.05, 0) is 85.1 Å². The van der Waals surface area contributed by atoms with E-state index in [1.54, 1.807) is 24.3 Å². The molecule has 0 bridgehead atoms. The third kappa shape index (κ3) is 5.66. The summed E-state index contributed by atoms with van der Waals surface area (Å²) in [6.45, 7) is 0.432. The number of carbonyl (C=O) groups excluding carboxylic acids is 2. The van der Waals surface area contributed by atoms with Crippen LogP contribution in [-0.4, -0.2) is 16.0 Å². The zero-order chi connectivity index (χ0) is 23.5. The molecule has 0 aromatic heterocycles. The monoisotopic (exact) mass is 625 g/mol. The van der Waals surface area contributed by atoms with Gasteiger partial charge in [0.15, 0.2) is 0 Å². The maximum atomic E-state index is 12.9. The number of thioether (sulfide) groups is 1. The first-order chi connectivity index (χ1) is 15.8. The number of amides is 2. The molecule has 1 aliphatic rings. The molecule has 0 N–H and O–H groups in total. The minimum Gasteiger partial charge on any atom is -0.487 e. The predicted molar refractivity (Wildman–Crippen MR) is 141 cm³/mol. The Morgan fingerprint density at radius 2 is 1.58 bits per heavy atom. The summed E-state index contributed by atoms with van der Waals surface area (Å²) in [5.74, 6) is 0.259. The fraction of sp³-hybridized carbons (Fsp3) is 0.0833. The Hall–Kier alpha value is -1.77. The molecule has 33 heavy (non-hydrogen) atoms. The average Bonchev–Trinajstić information content (AvgIpc) is 3.03. The summed E-state index contributed by atoms with van der Waals surface area (Å²) in [6, 6.07) is 18.6. The van der Waals surface area contributed by atoms with Crippen LogP contribution >= 0.6 is 66.8 Å². The van der Waals surface area contributed by atoms with Gasteiger partial charge in [-0.2, -0.15) is 0 Å². The minimum atomic E-state index is -0.391. The number of hydrogen-bond acceptors (Lipinski definition) is 4. The smallest absolute Gasteiger partial charge is 0.293 e. The SMILES string of the molecule is O=C1S/C(=C\c2cc(Br)c(OCc3ccccc3)c(Br)c2)C(=O)N1Cc1c(Cl)cccc1Cl. The van der Waals surface area contributed by atoms with Crippen molar-refractivity contribution in [1.29, 1.82) is 0 Å². The third-order valence-corrected chi connectivity index (χ3v) is 7.59. The van der Waals surface area contributed by atoms with Crippen molar-refractivity contribution in [3.63, 3.8) is 0 Å². The van der Waals surface area contributed by atoms with Crippen molar-refractivity contribution >= 4 is 84.0 Å². The van der Waals surface area contributed by atoms with Crippen LogP contribution < -0.4 is 4.74 Å². The summed E-state index contributed by atoms with van der Waals surface area (Å²) in [4.78, 5) is 26.9. The molecule has 0 atom stereocenters. The molecule has 4 rings (SSSR count). The van der Waals surface area contributed by atoms with Crippen LogP contribution in [0.5, 0.6) is 5.75 Å². The van der Waals surface area contributed by atoms with E-state index in [1.807, 2.05) is 42.5 Å². The van der Waals surface area contributed by atoms with Crippen LogP contribution in [0.1, 0.15) is 16.7 Å². The highest BCUT2D eigenvalue weighted by Crippen LogP contribution is 2.39. The number of rotatable bonds is 6. The molecule has 168 valence electrons. The van der Waals surface area contributed by atoms with Gasteiger partial charge in [-0.25, -0.2) is 0 Å². The van der Waals surface area contributed by atoms with E-state index >= 15 is 0 Å². The summed E-state index contributed by atoms with van der Waals surface area (Å²) < 4.78 is 7.40. The molecule has 1 aliphatic heterocycles. The second kappa shape index (κ2) is 10.7. The van der Waals surface area contributed by atoms with Gasteiger partial charge in [-0.1, -0.05) is 59.6 Å². The molecule has 1 fully saturated rings. The Bertz CT molecular complexity index is 1220. The summed E-state index contributed by atoms with van der Waals surface area (Å²) in [5, 5.41) is 0.442. The fourth-order valence-corrected chi connectivity index (χ4v) is 5.97. The number of carbonyl (C=O) groups is 2. The Kier molecular flexibility index (Phi) is 7.87. The van der Waals surface area contributed by atoms with Crippen molar-refractivity contribution in [3.8, 4) is 5.75 Å². The standard InChI is InChI=1S/C24H15Br2Cl2NO3S/c25-17-9-15(10-18(26)22(17)32-13-14-5-2-1-3-6-14)11-21-23(30)29(24(31)33-21)12-16-19(27)7-4-8-20(16)28/h1-11H,12-13H2/b21-11-. The van der Waals surface area contributed by atoms with Crippen LogP contribution in [0.15, 0.2) is 74.5 Å². The van der Waals surface area contributed by atoms with Crippen LogP contribution in [0.25, 0.3) is 6.08 Å². The number of ether oxygens (including phenoxy) is 1. The first-order valence-corrected chi connectivity index (χ1v) is 12.8. The van der Waals surface area contributed by atoms with Crippen LogP contribution in [0.4, 0.5) is 4.79 Å². The van der Waals surface area contributed by atoms with Crippen LogP contribution in [0.3, 0.4) is 0 Å². The van der Waals surface area contributed by atoms with Crippen molar-refractivity contribution in [2.75, 3.05) is 0 Å². The Balaban J connectivity index is 1.52. The molecule has 0 unspecified atom stereocenters. The highest BCUT2D eigenvalue weighted by molar-refractivity contribution is 9.11. The topological polar surface area (TPSA) is 46.6 Å². The number of halogens is 4. The minimum absolute atomic E-state index is 0.0141. The van der Waals surface area contributed by atoms with Crippen LogP contribution in [-0.2, 0) is 17.9 Å². The average molecular weight is 628 g/mol. The van der Waals surface area contributed by atoms with Gasteiger partial charge in [0.1, 0.15) is 12.4 Å². The number of hydrogen-bond donors (Lipinski definition) is 0. The van der Waals surface area contributed by atoms with Gasteiger partial charge in [0, 0.05) is 15.6 Å². The van der Waals surface area contributed by atoms with Gasteiger partial charge in [0.2, 0.25) is 0 Å². The quantitative estimate of drug-likeness (QED) is 0.258. The predicted octanol–water partition coefficient (Wildman–Crippen LogP) is 8.33. The number of benzene rings is 3. The maximum absolute atomic E-state index is 12.9.